The van der Waals surface area contributed by atoms with Gasteiger partial charge < -0.3 is 15.8 Å². The number of rotatable bonds is 8. The molecule has 24 heavy (non-hydrogen) atoms. The van der Waals surface area contributed by atoms with Crippen LogP contribution in [-0.4, -0.2) is 12.5 Å². The molecule has 3 N–H and O–H groups in total. The zero-order valence-electron chi connectivity index (χ0n) is 14.4. The van der Waals surface area contributed by atoms with Crippen LogP contribution in [0.3, 0.4) is 0 Å². The summed E-state index contributed by atoms with van der Waals surface area (Å²) in [5.41, 5.74) is 8.30. The minimum Gasteiger partial charge on any atom is -0.494 e. The lowest BCUT2D eigenvalue weighted by Crippen LogP contribution is -2.12. The van der Waals surface area contributed by atoms with Crippen molar-refractivity contribution in [3.8, 4) is 5.75 Å². The number of carbonyl (C=O) groups is 1. The first-order valence-electron chi connectivity index (χ1n) is 8.40. The molecule has 0 aliphatic heterocycles. The van der Waals surface area contributed by atoms with Gasteiger partial charge in [-0.25, -0.2) is 0 Å². The molecule has 128 valence electrons. The predicted octanol–water partition coefficient (Wildman–Crippen LogP) is 4.27. The first-order chi connectivity index (χ1) is 11.5. The first kappa shape index (κ1) is 17.9. The quantitative estimate of drug-likeness (QED) is 0.712. The van der Waals surface area contributed by atoms with E-state index in [2.05, 4.69) is 19.2 Å². The number of amides is 1. The van der Waals surface area contributed by atoms with Crippen LogP contribution in [0.2, 0.25) is 0 Å². The average Bonchev–Trinajstić information content (AvgIpc) is 2.53. The molecule has 0 unspecified atom stereocenters. The smallest absolute Gasteiger partial charge is 0.224 e. The highest BCUT2D eigenvalue weighted by Gasteiger charge is 2.05. The van der Waals surface area contributed by atoms with E-state index < -0.39 is 0 Å². The second-order valence-corrected chi connectivity index (χ2v) is 6.35. The highest BCUT2D eigenvalue weighted by atomic mass is 16.5. The van der Waals surface area contributed by atoms with Gasteiger partial charge in [0.1, 0.15) is 5.75 Å². The molecule has 4 nitrogen and oxygen atoms in total. The van der Waals surface area contributed by atoms with Gasteiger partial charge >= 0.3 is 0 Å². The van der Waals surface area contributed by atoms with Crippen LogP contribution in [0.1, 0.15) is 32.3 Å². The summed E-state index contributed by atoms with van der Waals surface area (Å²) in [5, 5.41) is 2.92. The third-order valence-corrected chi connectivity index (χ3v) is 3.67. The Balaban J connectivity index is 1.82. The Morgan fingerprint density at radius 3 is 2.71 bits per heavy atom. The van der Waals surface area contributed by atoms with Crippen molar-refractivity contribution >= 4 is 17.3 Å². The number of hydrogen-bond donors (Lipinski definition) is 2. The molecule has 0 atom stereocenters. The van der Waals surface area contributed by atoms with Gasteiger partial charge in [0, 0.05) is 23.9 Å². The number of nitrogens with one attached hydrogen (secondary N) is 1. The first-order valence-corrected chi connectivity index (χ1v) is 8.40. The Morgan fingerprint density at radius 2 is 1.96 bits per heavy atom. The lowest BCUT2D eigenvalue weighted by atomic mass is 10.1. The summed E-state index contributed by atoms with van der Waals surface area (Å²) in [6.07, 6.45) is 2.10. The van der Waals surface area contributed by atoms with E-state index in [9.17, 15) is 4.79 Å². The van der Waals surface area contributed by atoms with Crippen LogP contribution in [-0.2, 0) is 11.2 Å². The normalized spacial score (nSPS) is 10.6. The molecule has 2 aromatic rings. The summed E-state index contributed by atoms with van der Waals surface area (Å²) in [6.45, 7) is 5.02. The zero-order chi connectivity index (χ0) is 17.4. The minimum absolute atomic E-state index is 0.0169. The lowest BCUT2D eigenvalue weighted by Gasteiger charge is -2.10. The Labute approximate surface area is 144 Å². The fourth-order valence-corrected chi connectivity index (χ4v) is 2.31. The van der Waals surface area contributed by atoms with Gasteiger partial charge in [-0.3, -0.25) is 4.79 Å². The van der Waals surface area contributed by atoms with Gasteiger partial charge in [0.2, 0.25) is 5.91 Å². The molecular formula is C20H26N2O2. The number of carbonyl (C=O) groups excluding carboxylic acids is 1. The van der Waals surface area contributed by atoms with Gasteiger partial charge in [0.25, 0.3) is 0 Å². The Bertz CT molecular complexity index is 668. The molecule has 0 heterocycles. The summed E-state index contributed by atoms with van der Waals surface area (Å²) < 4.78 is 5.72. The molecular weight excluding hydrogens is 300 g/mol. The van der Waals surface area contributed by atoms with Gasteiger partial charge in [0.05, 0.1) is 6.61 Å². The fraction of sp³-hybridized carbons (Fsp3) is 0.350. The standard InChI is InChI=1S/C20H26N2O2/c1-15(2)11-12-24-19-8-4-7-18(14-19)22-20(23)10-9-16-5-3-6-17(21)13-16/h3-8,13-15H,9-12,21H2,1-2H3,(H,22,23). The number of nitrogens with two attached hydrogens (primary N) is 1. The van der Waals surface area contributed by atoms with Crippen LogP contribution in [0.4, 0.5) is 11.4 Å². The second kappa shape index (κ2) is 8.96. The Hall–Kier alpha value is -2.49. The largest absolute Gasteiger partial charge is 0.494 e. The Morgan fingerprint density at radius 1 is 1.17 bits per heavy atom. The number of ether oxygens (including phenoxy) is 1. The number of anilines is 2. The number of nitrogen functional groups attached to an aromatic ring is 1. The van der Waals surface area contributed by atoms with Gasteiger partial charge in [-0.15, -0.1) is 0 Å². The SMILES string of the molecule is CC(C)CCOc1cccc(NC(=O)CCc2cccc(N)c2)c1. The van der Waals surface area contributed by atoms with E-state index in [1.54, 1.807) is 0 Å². The molecule has 0 aliphatic carbocycles. The summed E-state index contributed by atoms with van der Waals surface area (Å²) in [6, 6.07) is 15.1. The predicted molar refractivity (Wildman–Crippen MR) is 99.2 cm³/mol. The molecule has 0 radical (unpaired) electrons. The molecule has 2 rings (SSSR count). The van der Waals surface area contributed by atoms with Crippen LogP contribution in [0.25, 0.3) is 0 Å². The summed E-state index contributed by atoms with van der Waals surface area (Å²) >= 11 is 0. The van der Waals surface area contributed by atoms with Gasteiger partial charge in [-0.05, 0) is 48.6 Å². The summed E-state index contributed by atoms with van der Waals surface area (Å²) in [5.74, 6) is 1.38. The van der Waals surface area contributed by atoms with Crippen molar-refractivity contribution in [3.63, 3.8) is 0 Å². The lowest BCUT2D eigenvalue weighted by molar-refractivity contribution is -0.116. The van der Waals surface area contributed by atoms with Crippen molar-refractivity contribution in [3.05, 3.63) is 54.1 Å². The van der Waals surface area contributed by atoms with Crippen LogP contribution in [0, 0.1) is 5.92 Å². The van der Waals surface area contributed by atoms with E-state index in [1.807, 2.05) is 48.5 Å². The summed E-state index contributed by atoms with van der Waals surface area (Å²) in [7, 11) is 0. The number of aryl methyl sites for hydroxylation is 1. The Kier molecular flexibility index (Phi) is 6.67. The highest BCUT2D eigenvalue weighted by Crippen LogP contribution is 2.18. The second-order valence-electron chi connectivity index (χ2n) is 6.35. The van der Waals surface area contributed by atoms with Crippen LogP contribution in [0.15, 0.2) is 48.5 Å². The maximum absolute atomic E-state index is 12.1. The van der Waals surface area contributed by atoms with E-state index in [0.717, 1.165) is 29.1 Å². The third kappa shape index (κ3) is 6.32. The molecule has 2 aromatic carbocycles. The highest BCUT2D eigenvalue weighted by molar-refractivity contribution is 5.91. The summed E-state index contributed by atoms with van der Waals surface area (Å²) in [4.78, 5) is 12.1. The van der Waals surface area contributed by atoms with E-state index >= 15 is 0 Å². The van der Waals surface area contributed by atoms with Crippen LogP contribution >= 0.6 is 0 Å². The van der Waals surface area contributed by atoms with E-state index in [-0.39, 0.29) is 5.91 Å². The minimum atomic E-state index is -0.0169. The molecule has 0 aliphatic rings. The topological polar surface area (TPSA) is 64.3 Å². The monoisotopic (exact) mass is 326 g/mol. The van der Waals surface area contributed by atoms with Crippen molar-refractivity contribution in [1.82, 2.24) is 0 Å². The van der Waals surface area contributed by atoms with Crippen molar-refractivity contribution in [2.45, 2.75) is 33.1 Å². The van der Waals surface area contributed by atoms with Crippen LogP contribution < -0.4 is 15.8 Å². The van der Waals surface area contributed by atoms with E-state index in [4.69, 9.17) is 10.5 Å². The fourth-order valence-electron chi connectivity index (χ4n) is 2.31. The van der Waals surface area contributed by atoms with Crippen molar-refractivity contribution in [2.24, 2.45) is 5.92 Å². The van der Waals surface area contributed by atoms with Gasteiger partial charge in [-0.2, -0.15) is 0 Å². The van der Waals surface area contributed by atoms with Crippen molar-refractivity contribution < 1.29 is 9.53 Å². The molecule has 1 amide bonds. The maximum Gasteiger partial charge on any atom is 0.224 e. The van der Waals surface area contributed by atoms with Gasteiger partial charge in [0.15, 0.2) is 0 Å². The van der Waals surface area contributed by atoms with E-state index in [0.29, 0.717) is 25.4 Å². The zero-order valence-corrected chi connectivity index (χ0v) is 14.4. The molecule has 0 bridgehead atoms. The average molecular weight is 326 g/mol. The van der Waals surface area contributed by atoms with Crippen molar-refractivity contribution in [1.29, 1.82) is 0 Å². The number of benzene rings is 2. The molecule has 0 aromatic heterocycles. The molecule has 0 saturated carbocycles. The molecule has 4 heteroatoms. The molecule has 0 fully saturated rings. The molecule has 0 saturated heterocycles. The van der Waals surface area contributed by atoms with Crippen LogP contribution in [0.5, 0.6) is 5.75 Å². The van der Waals surface area contributed by atoms with Gasteiger partial charge in [-0.1, -0.05) is 32.0 Å². The third-order valence-electron chi connectivity index (χ3n) is 3.67. The number of hydrogen-bond acceptors (Lipinski definition) is 3. The maximum atomic E-state index is 12.1. The van der Waals surface area contributed by atoms with E-state index in [1.165, 1.54) is 0 Å². The van der Waals surface area contributed by atoms with Crippen molar-refractivity contribution in [2.75, 3.05) is 17.7 Å². The molecule has 0 spiro atoms.